The van der Waals surface area contributed by atoms with E-state index in [4.69, 9.17) is 0 Å². The van der Waals surface area contributed by atoms with Gasteiger partial charge in [-0.25, -0.2) is 0 Å². The van der Waals surface area contributed by atoms with Gasteiger partial charge in [-0.3, -0.25) is 0 Å². The van der Waals surface area contributed by atoms with Crippen LogP contribution in [0.15, 0.2) is 72.9 Å². The van der Waals surface area contributed by atoms with E-state index in [0.29, 0.717) is 0 Å². The van der Waals surface area contributed by atoms with Crippen LogP contribution in [0.4, 0.5) is 0 Å². The third-order valence-electron chi connectivity index (χ3n) is 3.47. The SMILES string of the molecule is [Ir].[c-]1ccccc1-c1nccc2sc(-c3ccccc3)cc12. The molecule has 0 atom stereocenters. The maximum Gasteiger partial charge on any atom is 0.0347 e. The zero-order valence-electron chi connectivity index (χ0n) is 11.6. The molecule has 0 saturated heterocycles. The Morgan fingerprint density at radius 2 is 1.73 bits per heavy atom. The zero-order chi connectivity index (χ0) is 14.1. The number of hydrogen-bond acceptors (Lipinski definition) is 2. The largest absolute Gasteiger partial charge is 0.304 e. The van der Waals surface area contributed by atoms with Crippen molar-refractivity contribution >= 4 is 21.4 Å². The topological polar surface area (TPSA) is 12.9 Å². The second-order valence-electron chi connectivity index (χ2n) is 4.82. The number of pyridine rings is 1. The summed E-state index contributed by atoms with van der Waals surface area (Å²) < 4.78 is 1.26. The number of fused-ring (bicyclic) bond motifs is 1. The van der Waals surface area contributed by atoms with Crippen LogP contribution >= 0.6 is 11.3 Å². The average Bonchev–Trinajstić information content (AvgIpc) is 3.00. The fourth-order valence-electron chi connectivity index (χ4n) is 2.46. The predicted octanol–water partition coefficient (Wildman–Crippen LogP) is 5.43. The van der Waals surface area contributed by atoms with Gasteiger partial charge in [0.15, 0.2) is 0 Å². The maximum atomic E-state index is 4.56. The summed E-state index contributed by atoms with van der Waals surface area (Å²) in [4.78, 5) is 5.83. The van der Waals surface area contributed by atoms with Crippen LogP contribution in [0.1, 0.15) is 0 Å². The Balaban J connectivity index is 0.00000144. The fourth-order valence-corrected chi connectivity index (χ4v) is 3.53. The van der Waals surface area contributed by atoms with E-state index in [1.807, 2.05) is 30.5 Å². The first kappa shape index (κ1) is 15.1. The summed E-state index contributed by atoms with van der Waals surface area (Å²) in [5.41, 5.74) is 3.30. The van der Waals surface area contributed by atoms with Crippen molar-refractivity contribution in [2.45, 2.75) is 0 Å². The molecule has 0 spiro atoms. The number of rotatable bonds is 2. The molecule has 4 aromatic rings. The molecule has 0 aliphatic carbocycles. The zero-order valence-corrected chi connectivity index (χ0v) is 14.8. The molecule has 0 aliphatic heterocycles. The molecular formula is C19H12IrNS-. The van der Waals surface area contributed by atoms with Crippen LogP contribution in [0.2, 0.25) is 0 Å². The molecule has 0 unspecified atom stereocenters. The summed E-state index contributed by atoms with van der Waals surface area (Å²) in [7, 11) is 0. The van der Waals surface area contributed by atoms with E-state index >= 15 is 0 Å². The van der Waals surface area contributed by atoms with Gasteiger partial charge in [0.05, 0.1) is 0 Å². The second kappa shape index (κ2) is 6.53. The van der Waals surface area contributed by atoms with Gasteiger partial charge in [-0.2, -0.15) is 0 Å². The first-order valence-electron chi connectivity index (χ1n) is 6.83. The number of benzene rings is 2. The molecule has 3 heteroatoms. The first-order valence-corrected chi connectivity index (χ1v) is 7.64. The van der Waals surface area contributed by atoms with Gasteiger partial charge >= 0.3 is 0 Å². The van der Waals surface area contributed by atoms with Crippen molar-refractivity contribution in [2.75, 3.05) is 0 Å². The minimum atomic E-state index is 0. The van der Waals surface area contributed by atoms with Gasteiger partial charge in [-0.05, 0) is 28.8 Å². The van der Waals surface area contributed by atoms with Gasteiger partial charge < -0.3 is 4.98 Å². The van der Waals surface area contributed by atoms with Crippen LogP contribution in [-0.2, 0) is 20.1 Å². The number of aromatic nitrogens is 1. The van der Waals surface area contributed by atoms with E-state index in [1.165, 1.54) is 20.5 Å². The molecule has 0 saturated carbocycles. The molecule has 2 aromatic heterocycles. The third-order valence-corrected chi connectivity index (χ3v) is 4.62. The summed E-state index contributed by atoms with van der Waals surface area (Å²) in [6.07, 6.45) is 1.88. The molecule has 0 N–H and O–H groups in total. The van der Waals surface area contributed by atoms with E-state index < -0.39 is 0 Å². The number of thiophene rings is 1. The van der Waals surface area contributed by atoms with Crippen LogP contribution in [0.3, 0.4) is 0 Å². The maximum absolute atomic E-state index is 4.56. The molecule has 2 aromatic carbocycles. The van der Waals surface area contributed by atoms with Crippen molar-refractivity contribution < 1.29 is 20.1 Å². The predicted molar refractivity (Wildman–Crippen MR) is 89.3 cm³/mol. The van der Waals surface area contributed by atoms with Gasteiger partial charge in [-0.15, -0.1) is 47.2 Å². The van der Waals surface area contributed by atoms with Gasteiger partial charge in [0.2, 0.25) is 0 Å². The van der Waals surface area contributed by atoms with Gasteiger partial charge in [0, 0.05) is 35.9 Å². The second-order valence-corrected chi connectivity index (χ2v) is 5.91. The fraction of sp³-hybridized carbons (Fsp3) is 0. The van der Waals surface area contributed by atoms with E-state index in [1.54, 1.807) is 11.3 Å². The minimum absolute atomic E-state index is 0. The van der Waals surface area contributed by atoms with Crippen LogP contribution in [0.5, 0.6) is 0 Å². The summed E-state index contributed by atoms with van der Waals surface area (Å²) in [5.74, 6) is 0. The van der Waals surface area contributed by atoms with Gasteiger partial charge in [0.1, 0.15) is 0 Å². The van der Waals surface area contributed by atoms with Crippen molar-refractivity contribution in [3.63, 3.8) is 0 Å². The third kappa shape index (κ3) is 2.76. The Morgan fingerprint density at radius 1 is 0.909 bits per heavy atom. The number of nitrogens with zero attached hydrogens (tertiary/aromatic N) is 1. The Hall–Kier alpha value is -1.80. The van der Waals surface area contributed by atoms with Crippen molar-refractivity contribution in [1.29, 1.82) is 0 Å². The summed E-state index contributed by atoms with van der Waals surface area (Å²) in [6.45, 7) is 0. The van der Waals surface area contributed by atoms with Crippen molar-refractivity contribution in [2.24, 2.45) is 0 Å². The Labute approximate surface area is 147 Å². The standard InChI is InChI=1S/C19H12NS.Ir/c1-3-7-14(8-4-1)18-13-16-17(21-18)11-12-20-19(16)15-9-5-2-6-10-15;/h1-9,11-13H;/q-1;. The number of hydrogen-bond donors (Lipinski definition) is 0. The summed E-state index contributed by atoms with van der Waals surface area (Å²) in [6, 6.07) is 26.1. The Bertz CT molecular complexity index is 885. The van der Waals surface area contributed by atoms with Gasteiger partial charge in [-0.1, -0.05) is 30.3 Å². The molecular weight excluding hydrogens is 467 g/mol. The van der Waals surface area contributed by atoms with Crippen LogP contribution in [-0.4, -0.2) is 4.98 Å². The minimum Gasteiger partial charge on any atom is -0.304 e. The van der Waals surface area contributed by atoms with E-state index in [9.17, 15) is 0 Å². The molecule has 0 bridgehead atoms. The molecule has 0 aliphatic rings. The van der Waals surface area contributed by atoms with Crippen molar-refractivity contribution in [3.05, 3.63) is 79.0 Å². The van der Waals surface area contributed by atoms with Crippen molar-refractivity contribution in [1.82, 2.24) is 4.98 Å². The molecule has 22 heavy (non-hydrogen) atoms. The van der Waals surface area contributed by atoms with E-state index in [2.05, 4.69) is 53.5 Å². The Morgan fingerprint density at radius 3 is 2.50 bits per heavy atom. The first-order chi connectivity index (χ1) is 10.4. The smallest absolute Gasteiger partial charge is 0.0347 e. The van der Waals surface area contributed by atoms with Crippen LogP contribution in [0, 0.1) is 6.07 Å². The monoisotopic (exact) mass is 479 g/mol. The van der Waals surface area contributed by atoms with Crippen LogP contribution in [0.25, 0.3) is 31.8 Å². The summed E-state index contributed by atoms with van der Waals surface area (Å²) >= 11 is 1.81. The normalized spacial score (nSPS) is 10.4. The molecule has 1 nitrogen and oxygen atoms in total. The molecule has 109 valence electrons. The van der Waals surface area contributed by atoms with Crippen molar-refractivity contribution in [3.8, 4) is 21.7 Å². The summed E-state index contributed by atoms with van der Waals surface area (Å²) in [5, 5.41) is 1.20. The molecule has 0 amide bonds. The van der Waals surface area contributed by atoms with Gasteiger partial charge in [0.25, 0.3) is 0 Å². The molecule has 4 rings (SSSR count). The van der Waals surface area contributed by atoms with E-state index in [-0.39, 0.29) is 20.1 Å². The molecule has 0 fully saturated rings. The molecule has 1 radical (unpaired) electrons. The molecule has 2 heterocycles. The Kier molecular flexibility index (Phi) is 4.49. The van der Waals surface area contributed by atoms with Crippen LogP contribution < -0.4 is 0 Å². The average molecular weight is 479 g/mol. The van der Waals surface area contributed by atoms with E-state index in [0.717, 1.165) is 11.3 Å². The quantitative estimate of drug-likeness (QED) is 0.350.